The van der Waals surface area contributed by atoms with Crippen molar-refractivity contribution >= 4 is 43.3 Å². The maximum atomic E-state index is 13.1. The molecule has 0 saturated carbocycles. The van der Waals surface area contributed by atoms with Gasteiger partial charge in [0.1, 0.15) is 5.82 Å². The lowest BCUT2D eigenvalue weighted by Gasteiger charge is -2.18. The lowest BCUT2D eigenvalue weighted by Crippen LogP contribution is -2.30. The monoisotopic (exact) mass is 495 g/mol. The number of nitrogens with one attached hydrogen (secondary N) is 1. The molecule has 0 unspecified atom stereocenters. The standard InChI is InChI=1S/C24H25N5O3S2/c1-3-28(4-2)34(31,32)17-14-12-16(13-15-17)23(30)26-22-18-8-7-10-19(18)27-29(22)24-25-20-9-5-6-11-21(20)33-24/h5-6,9,11-15H,3-4,7-8,10H2,1-2H3,(H,26,30). The van der Waals surface area contributed by atoms with Gasteiger partial charge in [0.25, 0.3) is 5.91 Å². The molecule has 34 heavy (non-hydrogen) atoms. The van der Waals surface area contributed by atoms with Crippen molar-refractivity contribution in [3.8, 4) is 5.13 Å². The molecule has 0 radical (unpaired) electrons. The number of carbonyl (C=O) groups is 1. The number of rotatable bonds is 7. The maximum absolute atomic E-state index is 13.1. The van der Waals surface area contributed by atoms with Crippen LogP contribution in [0.25, 0.3) is 15.3 Å². The molecule has 0 fully saturated rings. The molecule has 0 bridgehead atoms. The van der Waals surface area contributed by atoms with E-state index in [-0.39, 0.29) is 10.8 Å². The highest BCUT2D eigenvalue weighted by Gasteiger charge is 2.26. The van der Waals surface area contributed by atoms with Gasteiger partial charge in [-0.2, -0.15) is 14.1 Å². The summed E-state index contributed by atoms with van der Waals surface area (Å²) in [7, 11) is -3.58. The van der Waals surface area contributed by atoms with E-state index in [4.69, 9.17) is 10.1 Å². The number of aryl methyl sites for hydroxylation is 1. The predicted molar refractivity (Wildman–Crippen MR) is 133 cm³/mol. The molecule has 8 nitrogen and oxygen atoms in total. The number of aromatic nitrogens is 3. The molecule has 2 heterocycles. The fourth-order valence-electron chi connectivity index (χ4n) is 4.28. The highest BCUT2D eigenvalue weighted by atomic mass is 32.2. The van der Waals surface area contributed by atoms with E-state index >= 15 is 0 Å². The average Bonchev–Trinajstić information content (AvgIpc) is 3.55. The van der Waals surface area contributed by atoms with Crippen LogP contribution in [0.15, 0.2) is 53.4 Å². The van der Waals surface area contributed by atoms with Crippen molar-refractivity contribution in [3.05, 3.63) is 65.4 Å². The van der Waals surface area contributed by atoms with Crippen LogP contribution in [-0.4, -0.2) is 46.5 Å². The Morgan fingerprint density at radius 1 is 1.09 bits per heavy atom. The Morgan fingerprint density at radius 3 is 2.53 bits per heavy atom. The Hall–Kier alpha value is -3.08. The molecule has 1 N–H and O–H groups in total. The smallest absolute Gasteiger partial charge is 0.256 e. The van der Waals surface area contributed by atoms with E-state index in [1.807, 2.05) is 24.3 Å². The van der Waals surface area contributed by atoms with Crippen molar-refractivity contribution in [2.24, 2.45) is 0 Å². The van der Waals surface area contributed by atoms with Gasteiger partial charge in [-0.05, 0) is 55.7 Å². The summed E-state index contributed by atoms with van der Waals surface area (Å²) >= 11 is 1.52. The summed E-state index contributed by atoms with van der Waals surface area (Å²) in [5.41, 5.74) is 3.28. The van der Waals surface area contributed by atoms with Gasteiger partial charge in [-0.3, -0.25) is 4.79 Å². The largest absolute Gasteiger partial charge is 0.306 e. The first kappa shape index (κ1) is 22.7. The Bertz CT molecular complexity index is 1440. The van der Waals surface area contributed by atoms with E-state index in [0.717, 1.165) is 40.7 Å². The summed E-state index contributed by atoms with van der Waals surface area (Å²) < 4.78 is 29.7. The number of carbonyl (C=O) groups excluding carboxylic acids is 1. The van der Waals surface area contributed by atoms with Gasteiger partial charge in [-0.15, -0.1) is 0 Å². The third-order valence-electron chi connectivity index (χ3n) is 6.06. The number of para-hydroxylation sites is 1. The Balaban J connectivity index is 1.45. The zero-order chi connectivity index (χ0) is 23.9. The number of hydrogen-bond donors (Lipinski definition) is 1. The minimum Gasteiger partial charge on any atom is -0.306 e. The molecule has 4 aromatic rings. The second kappa shape index (κ2) is 8.94. The fourth-order valence-corrected chi connectivity index (χ4v) is 6.66. The van der Waals surface area contributed by atoms with Crippen molar-refractivity contribution in [2.75, 3.05) is 18.4 Å². The highest BCUT2D eigenvalue weighted by Crippen LogP contribution is 2.34. The van der Waals surface area contributed by atoms with Gasteiger partial charge in [-0.1, -0.05) is 37.3 Å². The summed E-state index contributed by atoms with van der Waals surface area (Å²) in [5, 5.41) is 8.47. The average molecular weight is 496 g/mol. The SMILES string of the molecule is CCN(CC)S(=O)(=O)c1ccc(C(=O)Nc2c3c(nn2-c2nc4ccccc4s2)CCC3)cc1. The molecule has 1 amide bonds. The molecule has 1 aliphatic rings. The summed E-state index contributed by atoms with van der Waals surface area (Å²) in [6, 6.07) is 13.9. The Kier molecular flexibility index (Phi) is 5.97. The predicted octanol–water partition coefficient (Wildman–Crippen LogP) is 4.25. The maximum Gasteiger partial charge on any atom is 0.256 e. The van der Waals surface area contributed by atoms with Crippen molar-refractivity contribution in [3.63, 3.8) is 0 Å². The van der Waals surface area contributed by atoms with E-state index in [9.17, 15) is 13.2 Å². The zero-order valence-corrected chi connectivity index (χ0v) is 20.6. The molecule has 2 aromatic carbocycles. The van der Waals surface area contributed by atoms with Crippen molar-refractivity contribution in [2.45, 2.75) is 38.0 Å². The quantitative estimate of drug-likeness (QED) is 0.413. The van der Waals surface area contributed by atoms with Gasteiger partial charge >= 0.3 is 0 Å². The number of anilines is 1. The minimum absolute atomic E-state index is 0.174. The van der Waals surface area contributed by atoms with Crippen molar-refractivity contribution in [1.82, 2.24) is 19.1 Å². The number of amides is 1. The van der Waals surface area contributed by atoms with Gasteiger partial charge in [0.15, 0.2) is 0 Å². The molecule has 1 aliphatic carbocycles. The third-order valence-corrected chi connectivity index (χ3v) is 9.14. The number of hydrogen-bond acceptors (Lipinski definition) is 6. The normalized spacial score (nSPS) is 13.5. The van der Waals surface area contributed by atoms with Crippen LogP contribution in [0.3, 0.4) is 0 Å². The van der Waals surface area contributed by atoms with E-state index in [1.54, 1.807) is 30.7 Å². The van der Waals surface area contributed by atoms with Crippen LogP contribution in [0, 0.1) is 0 Å². The van der Waals surface area contributed by atoms with Crippen LogP contribution in [0.4, 0.5) is 5.82 Å². The zero-order valence-electron chi connectivity index (χ0n) is 19.0. The molecule has 2 aromatic heterocycles. The lowest BCUT2D eigenvalue weighted by atomic mass is 10.2. The van der Waals surface area contributed by atoms with Gasteiger partial charge in [0, 0.05) is 24.2 Å². The minimum atomic E-state index is -3.58. The molecular formula is C24H25N5O3S2. The number of sulfonamides is 1. The van der Waals surface area contributed by atoms with Crippen LogP contribution in [-0.2, 0) is 22.9 Å². The number of thiazole rings is 1. The van der Waals surface area contributed by atoms with Crippen molar-refractivity contribution < 1.29 is 13.2 Å². The molecule has 0 spiro atoms. The number of fused-ring (bicyclic) bond motifs is 2. The lowest BCUT2D eigenvalue weighted by molar-refractivity contribution is 0.102. The van der Waals surface area contributed by atoms with Crippen LogP contribution in [0.2, 0.25) is 0 Å². The summed E-state index contributed by atoms with van der Waals surface area (Å²) in [6.45, 7) is 4.38. The molecule has 10 heteroatoms. The summed E-state index contributed by atoms with van der Waals surface area (Å²) in [5.74, 6) is 0.320. The summed E-state index contributed by atoms with van der Waals surface area (Å²) in [6.07, 6.45) is 2.71. The van der Waals surface area contributed by atoms with Gasteiger partial charge in [-0.25, -0.2) is 13.4 Å². The molecule has 0 atom stereocenters. The molecule has 176 valence electrons. The Labute approximate surface area is 202 Å². The van der Waals surface area contributed by atoms with Crippen molar-refractivity contribution in [1.29, 1.82) is 0 Å². The van der Waals surface area contributed by atoms with Gasteiger partial charge in [0.05, 0.1) is 20.8 Å². The number of benzene rings is 2. The van der Waals surface area contributed by atoms with Gasteiger partial charge in [0.2, 0.25) is 15.2 Å². The van der Waals surface area contributed by atoms with E-state index in [0.29, 0.717) is 29.6 Å². The second-order valence-corrected chi connectivity index (χ2v) is 11.0. The summed E-state index contributed by atoms with van der Waals surface area (Å²) in [4.78, 5) is 18.0. The first-order chi connectivity index (χ1) is 16.4. The van der Waals surface area contributed by atoms with Crippen LogP contribution in [0.1, 0.15) is 41.9 Å². The van der Waals surface area contributed by atoms with Gasteiger partial charge < -0.3 is 5.32 Å². The number of nitrogens with zero attached hydrogens (tertiary/aromatic N) is 4. The fraction of sp³-hybridized carbons (Fsp3) is 0.292. The van der Waals surface area contributed by atoms with Crippen LogP contribution < -0.4 is 5.32 Å². The topological polar surface area (TPSA) is 97.2 Å². The molecule has 5 rings (SSSR count). The van der Waals surface area contributed by atoms with Crippen LogP contribution >= 0.6 is 11.3 Å². The third kappa shape index (κ3) is 3.91. The highest BCUT2D eigenvalue weighted by molar-refractivity contribution is 7.89. The molecular weight excluding hydrogens is 470 g/mol. The molecule has 0 aliphatic heterocycles. The first-order valence-corrected chi connectivity index (χ1v) is 13.6. The van der Waals surface area contributed by atoms with E-state index < -0.39 is 10.0 Å². The molecule has 0 saturated heterocycles. The first-order valence-electron chi connectivity index (χ1n) is 11.3. The Morgan fingerprint density at radius 2 is 1.82 bits per heavy atom. The van der Waals surface area contributed by atoms with Crippen LogP contribution in [0.5, 0.6) is 0 Å². The van der Waals surface area contributed by atoms with E-state index in [1.165, 1.54) is 27.8 Å². The second-order valence-electron chi connectivity index (χ2n) is 8.07. The van der Waals surface area contributed by atoms with E-state index in [2.05, 4.69) is 5.32 Å².